The molecule has 2 nitrogen and oxygen atoms in total. The number of nitrogens with one attached hydrogen (secondary N) is 1. The number of aliphatic imine (C=N–C) groups is 1. The average molecular weight is 389 g/mol. The Balaban J connectivity index is 2.55. The van der Waals surface area contributed by atoms with Crippen LogP contribution in [-0.2, 0) is 19.3 Å². The highest BCUT2D eigenvalue weighted by molar-refractivity contribution is 6.01. The van der Waals surface area contributed by atoms with Crippen molar-refractivity contribution in [1.82, 2.24) is 5.32 Å². The maximum absolute atomic E-state index is 5.04. The Morgan fingerprint density at radius 2 is 1.72 bits per heavy atom. The van der Waals surface area contributed by atoms with Crippen LogP contribution in [0.3, 0.4) is 0 Å². The highest BCUT2D eigenvalue weighted by Crippen LogP contribution is 2.29. The molecule has 2 rings (SSSR count). The summed E-state index contributed by atoms with van der Waals surface area (Å²) < 4.78 is 0. The first kappa shape index (κ1) is 22.7. The zero-order valence-electron chi connectivity index (χ0n) is 19.1. The van der Waals surface area contributed by atoms with Gasteiger partial charge in [-0.3, -0.25) is 0 Å². The summed E-state index contributed by atoms with van der Waals surface area (Å²) in [6.07, 6.45) is 5.97. The number of hydrogen-bond donors (Lipinski definition) is 1. The zero-order valence-corrected chi connectivity index (χ0v) is 19.1. The molecule has 0 saturated heterocycles. The summed E-state index contributed by atoms with van der Waals surface area (Å²) in [6.45, 7) is 18.9. The Morgan fingerprint density at radius 1 is 1.07 bits per heavy atom. The smallest absolute Gasteiger partial charge is 0.133 e. The van der Waals surface area contributed by atoms with Crippen molar-refractivity contribution in [2.75, 3.05) is 7.05 Å². The second kappa shape index (κ2) is 10.2. The quantitative estimate of drug-likeness (QED) is 0.297. The van der Waals surface area contributed by atoms with Crippen LogP contribution in [0.5, 0.6) is 0 Å². The SMILES string of the molecule is C=Cc1c(CC)cc(CC)cc1/N=C(\NC)c1cc(C)c(CCC(=C)C)c(C)c1. The molecule has 2 heteroatoms. The van der Waals surface area contributed by atoms with Gasteiger partial charge in [-0.05, 0) is 92.5 Å². The van der Waals surface area contributed by atoms with Gasteiger partial charge in [-0.25, -0.2) is 4.99 Å². The maximum Gasteiger partial charge on any atom is 0.133 e. The van der Waals surface area contributed by atoms with Crippen LogP contribution in [0.25, 0.3) is 6.08 Å². The van der Waals surface area contributed by atoms with Crippen LogP contribution in [-0.4, -0.2) is 12.9 Å². The van der Waals surface area contributed by atoms with Crippen molar-refractivity contribution in [3.8, 4) is 0 Å². The summed E-state index contributed by atoms with van der Waals surface area (Å²) in [6, 6.07) is 8.95. The Kier molecular flexibility index (Phi) is 8.01. The third kappa shape index (κ3) is 5.47. The van der Waals surface area contributed by atoms with E-state index < -0.39 is 0 Å². The molecule has 0 bridgehead atoms. The van der Waals surface area contributed by atoms with E-state index >= 15 is 0 Å². The number of amidine groups is 1. The van der Waals surface area contributed by atoms with Gasteiger partial charge >= 0.3 is 0 Å². The molecule has 0 amide bonds. The molecule has 0 unspecified atom stereocenters. The molecular formula is C27H36N2. The predicted octanol–water partition coefficient (Wildman–Crippen LogP) is 6.88. The van der Waals surface area contributed by atoms with Crippen LogP contribution in [0.1, 0.15) is 66.1 Å². The Bertz CT molecular complexity index is 909. The summed E-state index contributed by atoms with van der Waals surface area (Å²) in [7, 11) is 1.94. The van der Waals surface area contributed by atoms with Crippen molar-refractivity contribution >= 4 is 17.6 Å². The average Bonchev–Trinajstić information content (AvgIpc) is 2.70. The molecular weight excluding hydrogens is 352 g/mol. The van der Waals surface area contributed by atoms with E-state index in [1.807, 2.05) is 13.1 Å². The lowest BCUT2D eigenvalue weighted by molar-refractivity contribution is 0.925. The fraction of sp³-hybridized carbons (Fsp3) is 0.370. The van der Waals surface area contributed by atoms with E-state index in [4.69, 9.17) is 4.99 Å². The minimum absolute atomic E-state index is 0.890. The Morgan fingerprint density at radius 3 is 2.21 bits per heavy atom. The summed E-state index contributed by atoms with van der Waals surface area (Å²) in [5, 5.41) is 3.32. The highest BCUT2D eigenvalue weighted by Gasteiger charge is 2.12. The monoisotopic (exact) mass is 388 g/mol. The third-order valence-corrected chi connectivity index (χ3v) is 5.54. The van der Waals surface area contributed by atoms with E-state index in [0.717, 1.165) is 48.3 Å². The highest BCUT2D eigenvalue weighted by atomic mass is 15.0. The minimum atomic E-state index is 0.890. The number of hydrogen-bond acceptors (Lipinski definition) is 1. The molecule has 2 aromatic rings. The number of nitrogens with zero attached hydrogens (tertiary/aromatic N) is 1. The van der Waals surface area contributed by atoms with E-state index in [2.05, 4.69) is 77.4 Å². The molecule has 0 aliphatic carbocycles. The van der Waals surface area contributed by atoms with Crippen LogP contribution in [0.4, 0.5) is 5.69 Å². The van der Waals surface area contributed by atoms with E-state index in [9.17, 15) is 0 Å². The van der Waals surface area contributed by atoms with Crippen LogP contribution in [0.2, 0.25) is 0 Å². The van der Waals surface area contributed by atoms with Gasteiger partial charge in [-0.1, -0.05) is 38.1 Å². The Hall–Kier alpha value is -2.61. The van der Waals surface area contributed by atoms with Crippen molar-refractivity contribution in [1.29, 1.82) is 0 Å². The van der Waals surface area contributed by atoms with Gasteiger partial charge in [0.1, 0.15) is 5.84 Å². The second-order valence-corrected chi connectivity index (χ2v) is 7.86. The summed E-state index contributed by atoms with van der Waals surface area (Å²) in [5.41, 5.74) is 11.1. The van der Waals surface area contributed by atoms with Gasteiger partial charge in [0, 0.05) is 18.2 Å². The fourth-order valence-corrected chi connectivity index (χ4v) is 3.83. The predicted molar refractivity (Wildman–Crippen MR) is 130 cm³/mol. The molecule has 1 N–H and O–H groups in total. The molecule has 0 atom stereocenters. The lowest BCUT2D eigenvalue weighted by Gasteiger charge is -2.16. The lowest BCUT2D eigenvalue weighted by atomic mass is 9.94. The van der Waals surface area contributed by atoms with Gasteiger partial charge in [0.2, 0.25) is 0 Å². The normalized spacial score (nSPS) is 11.4. The first-order valence-electron chi connectivity index (χ1n) is 10.6. The third-order valence-electron chi connectivity index (χ3n) is 5.54. The van der Waals surface area contributed by atoms with Crippen molar-refractivity contribution in [3.05, 3.63) is 81.9 Å². The number of rotatable bonds is 8. The molecule has 0 aliphatic rings. The molecule has 0 radical (unpaired) electrons. The van der Waals surface area contributed by atoms with Crippen LogP contribution >= 0.6 is 0 Å². The number of benzene rings is 2. The fourth-order valence-electron chi connectivity index (χ4n) is 3.83. The zero-order chi connectivity index (χ0) is 21.6. The summed E-state index contributed by atoms with van der Waals surface area (Å²) in [5.74, 6) is 0.890. The number of allylic oxidation sites excluding steroid dienone is 1. The molecule has 154 valence electrons. The van der Waals surface area contributed by atoms with Gasteiger partial charge < -0.3 is 5.32 Å². The summed E-state index contributed by atoms with van der Waals surface area (Å²) in [4.78, 5) is 5.04. The van der Waals surface area contributed by atoms with Crippen LogP contribution in [0.15, 0.2) is 48.0 Å². The molecule has 2 aromatic carbocycles. The van der Waals surface area contributed by atoms with E-state index in [1.165, 1.54) is 33.4 Å². The lowest BCUT2D eigenvalue weighted by Crippen LogP contribution is -2.20. The van der Waals surface area contributed by atoms with Gasteiger partial charge in [0.05, 0.1) is 5.69 Å². The minimum Gasteiger partial charge on any atom is -0.373 e. The van der Waals surface area contributed by atoms with Gasteiger partial charge in [0.15, 0.2) is 0 Å². The van der Waals surface area contributed by atoms with Crippen molar-refractivity contribution in [2.45, 2.75) is 60.3 Å². The van der Waals surface area contributed by atoms with Crippen molar-refractivity contribution < 1.29 is 0 Å². The Labute approximate surface area is 177 Å². The molecule has 0 aliphatic heterocycles. The molecule has 29 heavy (non-hydrogen) atoms. The number of aryl methyl sites for hydroxylation is 4. The van der Waals surface area contributed by atoms with Crippen molar-refractivity contribution in [2.24, 2.45) is 4.99 Å². The largest absolute Gasteiger partial charge is 0.373 e. The van der Waals surface area contributed by atoms with E-state index in [1.54, 1.807) is 0 Å². The molecule has 0 aromatic heterocycles. The van der Waals surface area contributed by atoms with Gasteiger partial charge in [0.25, 0.3) is 0 Å². The molecule has 0 spiro atoms. The van der Waals surface area contributed by atoms with Crippen LogP contribution in [0, 0.1) is 13.8 Å². The standard InChI is InChI=1S/C27H36N2/c1-9-21-16-22(10-2)24(11-3)26(17-21)29-27(28-8)23-14-19(6)25(20(7)15-23)13-12-18(4)5/h11,14-17H,3-4,9-10,12-13H2,1-2,5-8H3,(H,28,29). The molecule has 0 saturated carbocycles. The molecule has 0 fully saturated rings. The first-order valence-corrected chi connectivity index (χ1v) is 10.6. The van der Waals surface area contributed by atoms with Gasteiger partial charge in [-0.2, -0.15) is 0 Å². The second-order valence-electron chi connectivity index (χ2n) is 7.86. The topological polar surface area (TPSA) is 24.4 Å². The van der Waals surface area contributed by atoms with Crippen LogP contribution < -0.4 is 5.32 Å². The van der Waals surface area contributed by atoms with Gasteiger partial charge in [-0.15, -0.1) is 6.58 Å². The van der Waals surface area contributed by atoms with E-state index in [0.29, 0.717) is 0 Å². The maximum atomic E-state index is 5.04. The van der Waals surface area contributed by atoms with Crippen molar-refractivity contribution in [3.63, 3.8) is 0 Å². The van der Waals surface area contributed by atoms with E-state index in [-0.39, 0.29) is 0 Å². The summed E-state index contributed by atoms with van der Waals surface area (Å²) >= 11 is 0. The first-order chi connectivity index (χ1) is 13.8. The molecule has 0 heterocycles.